The van der Waals surface area contributed by atoms with Crippen molar-refractivity contribution < 1.29 is 4.79 Å². The van der Waals surface area contributed by atoms with Gasteiger partial charge in [-0.3, -0.25) is 18.7 Å². The molecule has 0 bridgehead atoms. The third kappa shape index (κ3) is 4.58. The lowest BCUT2D eigenvalue weighted by Gasteiger charge is -2.17. The molecule has 1 amide bonds. The molecule has 0 fully saturated rings. The summed E-state index contributed by atoms with van der Waals surface area (Å²) in [7, 11) is 1.45. The van der Waals surface area contributed by atoms with Gasteiger partial charge in [0.25, 0.3) is 5.56 Å². The van der Waals surface area contributed by atoms with Crippen LogP contribution in [0.1, 0.15) is 40.4 Å². The fraction of sp³-hybridized carbons (Fsp3) is 0.611. The number of hydrogen-bond acceptors (Lipinski definition) is 6. The normalized spacial score (nSPS) is 12.8. The number of carbonyl (C=O) groups excluding carboxylic acids is 1. The first-order valence-electron chi connectivity index (χ1n) is 8.98. The van der Waals surface area contributed by atoms with E-state index in [0.29, 0.717) is 23.0 Å². The molecule has 1 atom stereocenters. The highest BCUT2D eigenvalue weighted by atomic mass is 32.2. The van der Waals surface area contributed by atoms with Gasteiger partial charge in [0.2, 0.25) is 5.91 Å². The number of aryl methyl sites for hydroxylation is 1. The van der Waals surface area contributed by atoms with E-state index < -0.39 is 16.5 Å². The Morgan fingerprint density at radius 3 is 2.33 bits per heavy atom. The van der Waals surface area contributed by atoms with E-state index in [-0.39, 0.29) is 23.3 Å². The Labute approximate surface area is 162 Å². The zero-order valence-electron chi connectivity index (χ0n) is 16.9. The number of rotatable bonds is 6. The second kappa shape index (κ2) is 8.24. The van der Waals surface area contributed by atoms with Crippen LogP contribution in [0.5, 0.6) is 0 Å². The lowest BCUT2D eigenvalue weighted by atomic mass is 10.2. The van der Waals surface area contributed by atoms with Gasteiger partial charge in [-0.05, 0) is 33.6 Å². The number of fused-ring (bicyclic) bond motifs is 1. The van der Waals surface area contributed by atoms with Crippen molar-refractivity contribution >= 4 is 28.7 Å². The summed E-state index contributed by atoms with van der Waals surface area (Å²) in [6.07, 6.45) is 0. The van der Waals surface area contributed by atoms with Gasteiger partial charge in [0, 0.05) is 19.6 Å². The molecule has 148 valence electrons. The molecule has 0 aromatic carbocycles. The minimum Gasteiger partial charge on any atom is -0.353 e. The summed E-state index contributed by atoms with van der Waals surface area (Å²) in [6.45, 7) is 11.7. The predicted molar refractivity (Wildman–Crippen MR) is 107 cm³/mol. The number of carbonyl (C=O) groups is 1. The average Bonchev–Trinajstić information content (AvgIpc) is 2.55. The maximum atomic E-state index is 12.8. The quantitative estimate of drug-likeness (QED) is 0.589. The van der Waals surface area contributed by atoms with Crippen molar-refractivity contribution in [1.82, 2.24) is 24.4 Å². The van der Waals surface area contributed by atoms with Crippen LogP contribution in [0.3, 0.4) is 0 Å². The molecule has 0 saturated carbocycles. The first-order valence-corrected chi connectivity index (χ1v) is 9.86. The molecule has 8 nitrogen and oxygen atoms in total. The molecule has 27 heavy (non-hydrogen) atoms. The first kappa shape index (κ1) is 21.1. The van der Waals surface area contributed by atoms with E-state index >= 15 is 0 Å². The number of nitrogens with one attached hydrogen (secondary N) is 1. The van der Waals surface area contributed by atoms with E-state index in [1.54, 1.807) is 13.8 Å². The van der Waals surface area contributed by atoms with Crippen LogP contribution in [0.4, 0.5) is 0 Å². The van der Waals surface area contributed by atoms with Gasteiger partial charge in [0.05, 0.1) is 5.25 Å². The van der Waals surface area contributed by atoms with Gasteiger partial charge in [0.15, 0.2) is 5.65 Å². The summed E-state index contributed by atoms with van der Waals surface area (Å²) in [5.74, 6) is 0.517. The summed E-state index contributed by atoms with van der Waals surface area (Å²) in [4.78, 5) is 46.5. The molecule has 0 unspecified atom stereocenters. The summed E-state index contributed by atoms with van der Waals surface area (Å²) >= 11 is 1.20. The van der Waals surface area contributed by atoms with Crippen molar-refractivity contribution in [3.05, 3.63) is 26.7 Å². The van der Waals surface area contributed by atoms with Crippen molar-refractivity contribution in [1.29, 1.82) is 0 Å². The van der Waals surface area contributed by atoms with Crippen molar-refractivity contribution in [2.24, 2.45) is 13.0 Å². The van der Waals surface area contributed by atoms with E-state index in [4.69, 9.17) is 0 Å². The third-order valence-corrected chi connectivity index (χ3v) is 4.98. The van der Waals surface area contributed by atoms with Crippen LogP contribution < -0.4 is 16.6 Å². The highest BCUT2D eigenvalue weighted by Crippen LogP contribution is 2.26. The summed E-state index contributed by atoms with van der Waals surface area (Å²) in [5, 5.41) is 3.11. The minimum absolute atomic E-state index is 0.0218. The molecule has 0 saturated heterocycles. The molecule has 0 radical (unpaired) electrons. The predicted octanol–water partition coefficient (Wildman–Crippen LogP) is 1.46. The second-order valence-corrected chi connectivity index (χ2v) is 8.68. The Bertz CT molecular complexity index is 978. The molecular weight excluding hydrogens is 366 g/mol. The summed E-state index contributed by atoms with van der Waals surface area (Å²) in [5.41, 5.74) is -0.530. The molecule has 1 N–H and O–H groups in total. The Balaban J connectivity index is 2.68. The summed E-state index contributed by atoms with van der Waals surface area (Å²) < 4.78 is 2.59. The SMILES string of the molecule is Cc1nc(S[C@H](C)C(=O)NC(C)C)c2c(=O)n(C)c(=O)n(CC(C)C)c2n1. The Morgan fingerprint density at radius 1 is 1.15 bits per heavy atom. The molecule has 2 aromatic rings. The molecule has 0 aliphatic carbocycles. The van der Waals surface area contributed by atoms with Gasteiger partial charge in [0.1, 0.15) is 16.2 Å². The molecule has 0 aliphatic heterocycles. The monoisotopic (exact) mass is 393 g/mol. The number of thioether (sulfide) groups is 1. The fourth-order valence-corrected chi connectivity index (χ4v) is 3.67. The highest BCUT2D eigenvalue weighted by molar-refractivity contribution is 8.00. The Kier molecular flexibility index (Phi) is 6.46. The second-order valence-electron chi connectivity index (χ2n) is 7.35. The van der Waals surface area contributed by atoms with Gasteiger partial charge in [-0.25, -0.2) is 14.8 Å². The topological polar surface area (TPSA) is 98.9 Å². The summed E-state index contributed by atoms with van der Waals surface area (Å²) in [6, 6.07) is 0.0218. The molecule has 2 aromatic heterocycles. The molecule has 2 heterocycles. The third-order valence-electron chi connectivity index (χ3n) is 3.90. The standard InChI is InChI=1S/C18H27N5O3S/c1-9(2)8-23-14-13(17(25)22(7)18(23)26)16(21-12(6)20-14)27-11(5)15(24)19-10(3)4/h9-11H,8H2,1-7H3,(H,19,24)/t11-/m1/s1. The fourth-order valence-electron chi connectivity index (χ4n) is 2.68. The van der Waals surface area contributed by atoms with E-state index in [1.165, 1.54) is 23.4 Å². The lowest BCUT2D eigenvalue weighted by molar-refractivity contribution is -0.120. The molecule has 0 spiro atoms. The number of amides is 1. The van der Waals surface area contributed by atoms with E-state index in [1.807, 2.05) is 27.7 Å². The van der Waals surface area contributed by atoms with Crippen LogP contribution >= 0.6 is 11.8 Å². The van der Waals surface area contributed by atoms with Crippen LogP contribution in [-0.2, 0) is 18.4 Å². The lowest BCUT2D eigenvalue weighted by Crippen LogP contribution is -2.40. The van der Waals surface area contributed by atoms with E-state index in [9.17, 15) is 14.4 Å². The first-order chi connectivity index (χ1) is 12.5. The van der Waals surface area contributed by atoms with E-state index in [2.05, 4.69) is 15.3 Å². The number of aromatic nitrogens is 4. The van der Waals surface area contributed by atoms with Crippen molar-refractivity contribution in [2.75, 3.05) is 0 Å². The van der Waals surface area contributed by atoms with Gasteiger partial charge in [-0.2, -0.15) is 0 Å². The van der Waals surface area contributed by atoms with Gasteiger partial charge in [-0.1, -0.05) is 25.6 Å². The van der Waals surface area contributed by atoms with Crippen LogP contribution in [0, 0.1) is 12.8 Å². The van der Waals surface area contributed by atoms with Crippen LogP contribution in [0.2, 0.25) is 0 Å². The molecule has 9 heteroatoms. The highest BCUT2D eigenvalue weighted by Gasteiger charge is 2.22. The largest absolute Gasteiger partial charge is 0.353 e. The number of nitrogens with zero attached hydrogens (tertiary/aromatic N) is 4. The smallest absolute Gasteiger partial charge is 0.332 e. The number of hydrogen-bond donors (Lipinski definition) is 1. The van der Waals surface area contributed by atoms with Crippen LogP contribution in [0.15, 0.2) is 14.6 Å². The maximum Gasteiger partial charge on any atom is 0.332 e. The van der Waals surface area contributed by atoms with Gasteiger partial charge >= 0.3 is 5.69 Å². The average molecular weight is 394 g/mol. The van der Waals surface area contributed by atoms with Crippen molar-refractivity contribution in [3.8, 4) is 0 Å². The maximum absolute atomic E-state index is 12.8. The zero-order chi connectivity index (χ0) is 20.5. The van der Waals surface area contributed by atoms with Gasteiger partial charge in [-0.15, -0.1) is 0 Å². The minimum atomic E-state index is -0.450. The van der Waals surface area contributed by atoms with Gasteiger partial charge < -0.3 is 5.32 Å². The van der Waals surface area contributed by atoms with Crippen molar-refractivity contribution in [2.45, 2.75) is 64.4 Å². The van der Waals surface area contributed by atoms with Crippen molar-refractivity contribution in [3.63, 3.8) is 0 Å². The van der Waals surface area contributed by atoms with Crippen LogP contribution in [0.25, 0.3) is 11.0 Å². The Morgan fingerprint density at radius 2 is 1.78 bits per heavy atom. The molecule has 0 aliphatic rings. The zero-order valence-corrected chi connectivity index (χ0v) is 17.7. The van der Waals surface area contributed by atoms with Crippen LogP contribution in [-0.4, -0.2) is 36.3 Å². The molecular formula is C18H27N5O3S. The Hall–Kier alpha value is -2.16. The molecule has 2 rings (SSSR count). The van der Waals surface area contributed by atoms with E-state index in [0.717, 1.165) is 4.57 Å².